The third-order valence-corrected chi connectivity index (χ3v) is 3.61. The van der Waals surface area contributed by atoms with Crippen molar-refractivity contribution in [3.05, 3.63) is 33.3 Å². The largest absolute Gasteiger partial charge is 0.310 e. The molecule has 0 aliphatic heterocycles. The Labute approximate surface area is 105 Å². The number of nitrogens with one attached hydrogen (secondary N) is 1. The van der Waals surface area contributed by atoms with E-state index < -0.39 is 0 Å². The summed E-state index contributed by atoms with van der Waals surface area (Å²) in [6, 6.07) is 6.59. The van der Waals surface area contributed by atoms with Crippen LogP contribution >= 0.6 is 27.5 Å². The molecule has 3 heteroatoms. The third kappa shape index (κ3) is 3.78. The summed E-state index contributed by atoms with van der Waals surface area (Å²) in [6.45, 7) is 5.31. The first-order chi connectivity index (χ1) is 7.19. The topological polar surface area (TPSA) is 12.0 Å². The zero-order chi connectivity index (χ0) is 11.3. The summed E-state index contributed by atoms with van der Waals surface area (Å²) in [7, 11) is 0. The van der Waals surface area contributed by atoms with Crippen molar-refractivity contribution in [2.45, 2.75) is 32.7 Å². The molecular weight excluding hydrogens is 273 g/mol. The number of rotatable bonds is 5. The second-order valence-electron chi connectivity index (χ2n) is 3.57. The van der Waals surface area contributed by atoms with E-state index >= 15 is 0 Å². The van der Waals surface area contributed by atoms with Crippen LogP contribution in [0.1, 0.15) is 38.3 Å². The van der Waals surface area contributed by atoms with Crippen molar-refractivity contribution in [2.24, 2.45) is 0 Å². The highest BCUT2D eigenvalue weighted by Crippen LogP contribution is 2.27. The maximum Gasteiger partial charge on any atom is 0.0551 e. The van der Waals surface area contributed by atoms with Gasteiger partial charge in [-0.05, 0) is 46.6 Å². The van der Waals surface area contributed by atoms with Crippen LogP contribution in [0, 0.1) is 0 Å². The Kier molecular flexibility index (Phi) is 5.65. The molecule has 0 saturated carbocycles. The predicted molar refractivity (Wildman–Crippen MR) is 70.5 cm³/mol. The molecule has 0 bridgehead atoms. The van der Waals surface area contributed by atoms with Crippen LogP contribution in [0.5, 0.6) is 0 Å². The first-order valence-corrected chi connectivity index (χ1v) is 6.54. The van der Waals surface area contributed by atoms with Crippen LogP contribution in [-0.4, -0.2) is 6.54 Å². The number of hydrogen-bond donors (Lipinski definition) is 1. The molecule has 1 unspecified atom stereocenters. The number of halogens is 2. The Balaban J connectivity index is 2.85. The average Bonchev–Trinajstić information content (AvgIpc) is 2.22. The predicted octanol–water partition coefficient (Wildman–Crippen LogP) is 4.55. The molecule has 1 aromatic carbocycles. The van der Waals surface area contributed by atoms with E-state index in [2.05, 4.69) is 41.2 Å². The molecule has 0 aliphatic rings. The highest BCUT2D eigenvalue weighted by Gasteiger charge is 2.10. The van der Waals surface area contributed by atoms with Gasteiger partial charge in [0.2, 0.25) is 0 Å². The van der Waals surface area contributed by atoms with Gasteiger partial charge in [-0.15, -0.1) is 0 Å². The second kappa shape index (κ2) is 6.51. The van der Waals surface area contributed by atoms with Gasteiger partial charge < -0.3 is 5.32 Å². The Hall–Kier alpha value is -0.0500. The van der Waals surface area contributed by atoms with Crippen molar-refractivity contribution in [1.29, 1.82) is 0 Å². The smallest absolute Gasteiger partial charge is 0.0551 e. The van der Waals surface area contributed by atoms with Gasteiger partial charge in [0.05, 0.1) is 5.02 Å². The van der Waals surface area contributed by atoms with Gasteiger partial charge in [-0.1, -0.05) is 37.9 Å². The summed E-state index contributed by atoms with van der Waals surface area (Å²) < 4.78 is 0.958. The maximum absolute atomic E-state index is 6.08. The van der Waals surface area contributed by atoms with Gasteiger partial charge in [0.1, 0.15) is 0 Å². The van der Waals surface area contributed by atoms with Crippen LogP contribution in [0.3, 0.4) is 0 Å². The van der Waals surface area contributed by atoms with Gasteiger partial charge in [-0.25, -0.2) is 0 Å². The van der Waals surface area contributed by atoms with Gasteiger partial charge in [-0.2, -0.15) is 0 Å². The van der Waals surface area contributed by atoms with Crippen molar-refractivity contribution in [1.82, 2.24) is 5.32 Å². The van der Waals surface area contributed by atoms with Crippen LogP contribution in [-0.2, 0) is 0 Å². The molecule has 15 heavy (non-hydrogen) atoms. The summed E-state index contributed by atoms with van der Waals surface area (Å²) in [5.74, 6) is 0. The van der Waals surface area contributed by atoms with Crippen molar-refractivity contribution in [2.75, 3.05) is 6.54 Å². The lowest BCUT2D eigenvalue weighted by atomic mass is 10.0. The summed E-state index contributed by atoms with van der Waals surface area (Å²) in [5, 5.41) is 4.26. The Morgan fingerprint density at radius 2 is 2.13 bits per heavy atom. The molecule has 1 rings (SSSR count). The minimum atomic E-state index is 0.422. The van der Waals surface area contributed by atoms with Gasteiger partial charge in [-0.3, -0.25) is 0 Å². The van der Waals surface area contributed by atoms with E-state index in [1.54, 1.807) is 0 Å². The van der Waals surface area contributed by atoms with Crippen molar-refractivity contribution < 1.29 is 0 Å². The zero-order valence-corrected chi connectivity index (χ0v) is 11.5. The maximum atomic E-state index is 6.08. The van der Waals surface area contributed by atoms with Crippen molar-refractivity contribution in [3.63, 3.8) is 0 Å². The van der Waals surface area contributed by atoms with Crippen LogP contribution in [0.4, 0.5) is 0 Å². The van der Waals surface area contributed by atoms with Crippen LogP contribution in [0.25, 0.3) is 0 Å². The minimum Gasteiger partial charge on any atom is -0.310 e. The SMILES string of the molecule is CCCC(NCC)c1ccc(Br)c(Cl)c1. The van der Waals surface area contributed by atoms with E-state index in [1.165, 1.54) is 12.0 Å². The van der Waals surface area contributed by atoms with Crippen molar-refractivity contribution in [3.8, 4) is 0 Å². The minimum absolute atomic E-state index is 0.422. The fraction of sp³-hybridized carbons (Fsp3) is 0.500. The number of benzene rings is 1. The molecule has 0 amide bonds. The Morgan fingerprint density at radius 3 is 2.67 bits per heavy atom. The molecule has 0 heterocycles. The molecule has 1 aromatic rings. The summed E-state index contributed by atoms with van der Waals surface area (Å²) in [5.41, 5.74) is 1.27. The lowest BCUT2D eigenvalue weighted by Crippen LogP contribution is -2.20. The second-order valence-corrected chi connectivity index (χ2v) is 4.83. The third-order valence-electron chi connectivity index (χ3n) is 2.37. The van der Waals surface area contributed by atoms with E-state index in [0.29, 0.717) is 6.04 Å². The molecule has 0 saturated heterocycles. The standard InChI is InChI=1S/C12H17BrClN/c1-3-5-12(15-4-2)9-6-7-10(13)11(14)8-9/h6-8,12,15H,3-5H2,1-2H3. The van der Waals surface area contributed by atoms with Gasteiger partial charge in [0.15, 0.2) is 0 Å². The van der Waals surface area contributed by atoms with Crippen LogP contribution in [0.15, 0.2) is 22.7 Å². The average molecular weight is 291 g/mol. The molecule has 84 valence electrons. The zero-order valence-electron chi connectivity index (χ0n) is 9.19. The number of hydrogen-bond acceptors (Lipinski definition) is 1. The van der Waals surface area contributed by atoms with E-state index in [9.17, 15) is 0 Å². The van der Waals surface area contributed by atoms with E-state index in [-0.39, 0.29) is 0 Å². The van der Waals surface area contributed by atoms with Gasteiger partial charge in [0, 0.05) is 10.5 Å². The normalized spacial score (nSPS) is 12.8. The van der Waals surface area contributed by atoms with E-state index in [1.807, 2.05) is 12.1 Å². The molecule has 0 fully saturated rings. The fourth-order valence-electron chi connectivity index (χ4n) is 1.65. The monoisotopic (exact) mass is 289 g/mol. The molecular formula is C12H17BrClN. The molecule has 0 aliphatic carbocycles. The summed E-state index contributed by atoms with van der Waals surface area (Å²) in [4.78, 5) is 0. The lowest BCUT2D eigenvalue weighted by molar-refractivity contribution is 0.509. The summed E-state index contributed by atoms with van der Waals surface area (Å²) >= 11 is 9.49. The van der Waals surface area contributed by atoms with Crippen molar-refractivity contribution >= 4 is 27.5 Å². The Bertz CT molecular complexity index is 308. The first-order valence-electron chi connectivity index (χ1n) is 5.37. The molecule has 0 aromatic heterocycles. The molecule has 1 atom stereocenters. The fourth-order valence-corrected chi connectivity index (χ4v) is 2.09. The molecule has 0 radical (unpaired) electrons. The van der Waals surface area contributed by atoms with E-state index in [0.717, 1.165) is 22.5 Å². The Morgan fingerprint density at radius 1 is 1.40 bits per heavy atom. The lowest BCUT2D eigenvalue weighted by Gasteiger charge is -2.18. The van der Waals surface area contributed by atoms with Gasteiger partial charge in [0.25, 0.3) is 0 Å². The highest BCUT2D eigenvalue weighted by atomic mass is 79.9. The van der Waals surface area contributed by atoms with Crippen LogP contribution in [0.2, 0.25) is 5.02 Å². The quantitative estimate of drug-likeness (QED) is 0.838. The van der Waals surface area contributed by atoms with Gasteiger partial charge >= 0.3 is 0 Å². The molecule has 1 nitrogen and oxygen atoms in total. The molecule has 1 N–H and O–H groups in total. The van der Waals surface area contributed by atoms with E-state index in [4.69, 9.17) is 11.6 Å². The summed E-state index contributed by atoms with van der Waals surface area (Å²) in [6.07, 6.45) is 2.32. The molecule has 0 spiro atoms. The highest BCUT2D eigenvalue weighted by molar-refractivity contribution is 9.10. The van der Waals surface area contributed by atoms with Crippen LogP contribution < -0.4 is 5.32 Å². The first kappa shape index (κ1) is 13.0.